The third-order valence-corrected chi connectivity index (χ3v) is 5.07. The van der Waals surface area contributed by atoms with Gasteiger partial charge in [-0.3, -0.25) is 14.7 Å². The maximum absolute atomic E-state index is 13.3. The first kappa shape index (κ1) is 19.3. The Hall–Kier alpha value is -2.47. The van der Waals surface area contributed by atoms with Crippen LogP contribution in [0.4, 0.5) is 10.1 Å². The SMILES string of the molecule is Cc1cnccc1N1CCCN(C(=O)C(c2ccc(F)cc2)N(C)C)CC1. The molecule has 2 heterocycles. The first-order chi connectivity index (χ1) is 13.0. The highest BCUT2D eigenvalue weighted by atomic mass is 19.1. The number of rotatable bonds is 4. The zero-order valence-electron chi connectivity index (χ0n) is 16.2. The van der Waals surface area contributed by atoms with Gasteiger partial charge in [0.25, 0.3) is 0 Å². The molecule has 1 aromatic carbocycles. The Labute approximate surface area is 160 Å². The summed E-state index contributed by atoms with van der Waals surface area (Å²) in [5.74, 6) is -0.221. The standard InChI is InChI=1S/C21H27FN4O/c1-16-15-23-10-9-19(16)25-11-4-12-26(14-13-25)21(27)20(24(2)3)17-5-7-18(22)8-6-17/h5-10,15,20H,4,11-14H2,1-3H3. The summed E-state index contributed by atoms with van der Waals surface area (Å²) in [6.45, 7) is 5.17. The molecule has 0 radical (unpaired) electrons. The van der Waals surface area contributed by atoms with Crippen LogP contribution in [0.2, 0.25) is 0 Å². The van der Waals surface area contributed by atoms with Gasteiger partial charge in [-0.05, 0) is 56.8 Å². The molecule has 1 amide bonds. The predicted octanol–water partition coefficient (Wildman–Crippen LogP) is 2.87. The van der Waals surface area contributed by atoms with E-state index in [1.807, 2.05) is 42.4 Å². The smallest absolute Gasteiger partial charge is 0.244 e. The number of pyridine rings is 1. The molecule has 144 valence electrons. The Morgan fingerprint density at radius 1 is 1.11 bits per heavy atom. The molecule has 0 saturated carbocycles. The predicted molar refractivity (Wildman–Crippen MR) is 105 cm³/mol. The fourth-order valence-electron chi connectivity index (χ4n) is 3.68. The van der Waals surface area contributed by atoms with Gasteiger partial charge in [-0.2, -0.15) is 0 Å². The van der Waals surface area contributed by atoms with Gasteiger partial charge in [-0.1, -0.05) is 12.1 Å². The van der Waals surface area contributed by atoms with Crippen LogP contribution >= 0.6 is 0 Å². The lowest BCUT2D eigenvalue weighted by Crippen LogP contribution is -2.42. The zero-order valence-corrected chi connectivity index (χ0v) is 16.2. The molecule has 0 bridgehead atoms. The lowest BCUT2D eigenvalue weighted by atomic mass is 10.0. The van der Waals surface area contributed by atoms with Gasteiger partial charge in [0, 0.05) is 44.3 Å². The van der Waals surface area contributed by atoms with Gasteiger partial charge in [0.2, 0.25) is 5.91 Å². The minimum absolute atomic E-state index is 0.0694. The van der Waals surface area contributed by atoms with Crippen molar-refractivity contribution in [1.29, 1.82) is 0 Å². The summed E-state index contributed by atoms with van der Waals surface area (Å²) in [7, 11) is 3.77. The van der Waals surface area contributed by atoms with E-state index in [-0.39, 0.29) is 11.7 Å². The van der Waals surface area contributed by atoms with Crippen molar-refractivity contribution in [3.63, 3.8) is 0 Å². The van der Waals surface area contributed by atoms with E-state index in [4.69, 9.17) is 0 Å². The Balaban J connectivity index is 1.74. The average Bonchev–Trinajstić information content (AvgIpc) is 2.90. The maximum atomic E-state index is 13.3. The Morgan fingerprint density at radius 3 is 2.52 bits per heavy atom. The summed E-state index contributed by atoms with van der Waals surface area (Å²) < 4.78 is 13.3. The third-order valence-electron chi connectivity index (χ3n) is 5.07. The van der Waals surface area contributed by atoms with Crippen molar-refractivity contribution in [1.82, 2.24) is 14.8 Å². The Kier molecular flexibility index (Phi) is 6.06. The largest absolute Gasteiger partial charge is 0.369 e. The zero-order chi connectivity index (χ0) is 19.4. The first-order valence-corrected chi connectivity index (χ1v) is 9.33. The minimum Gasteiger partial charge on any atom is -0.369 e. The number of aryl methyl sites for hydroxylation is 1. The van der Waals surface area contributed by atoms with Crippen LogP contribution in [0.25, 0.3) is 0 Å². The molecule has 5 nitrogen and oxygen atoms in total. The van der Waals surface area contributed by atoms with Gasteiger partial charge < -0.3 is 9.80 Å². The normalized spacial score (nSPS) is 16.3. The van der Waals surface area contributed by atoms with Gasteiger partial charge in [0.05, 0.1) is 0 Å². The van der Waals surface area contributed by atoms with Gasteiger partial charge in [-0.25, -0.2) is 4.39 Å². The van der Waals surface area contributed by atoms with Gasteiger partial charge in [-0.15, -0.1) is 0 Å². The van der Waals surface area contributed by atoms with Crippen LogP contribution in [0, 0.1) is 12.7 Å². The molecule has 0 spiro atoms. The number of hydrogen-bond donors (Lipinski definition) is 0. The van der Waals surface area contributed by atoms with Gasteiger partial charge in [0.1, 0.15) is 11.9 Å². The lowest BCUT2D eigenvalue weighted by molar-refractivity contribution is -0.136. The number of benzene rings is 1. The highest BCUT2D eigenvalue weighted by Crippen LogP contribution is 2.24. The molecule has 1 aromatic heterocycles. The number of amides is 1. The van der Waals surface area contributed by atoms with Crippen LogP contribution in [-0.2, 0) is 4.79 Å². The number of hydrogen-bond acceptors (Lipinski definition) is 4. The molecule has 1 fully saturated rings. The van der Waals surface area contributed by atoms with E-state index in [0.717, 1.165) is 37.2 Å². The topological polar surface area (TPSA) is 39.7 Å². The summed E-state index contributed by atoms with van der Waals surface area (Å²) in [5, 5.41) is 0. The number of carbonyl (C=O) groups is 1. The quantitative estimate of drug-likeness (QED) is 0.830. The number of anilines is 1. The molecule has 1 aliphatic rings. The molecule has 0 aliphatic carbocycles. The van der Waals surface area contributed by atoms with Crippen molar-refractivity contribution in [2.45, 2.75) is 19.4 Å². The summed E-state index contributed by atoms with van der Waals surface area (Å²) in [6, 6.07) is 7.85. The van der Waals surface area contributed by atoms with Crippen molar-refractivity contribution >= 4 is 11.6 Å². The molecule has 1 unspecified atom stereocenters. The van der Waals surface area contributed by atoms with Crippen LogP contribution in [0.15, 0.2) is 42.7 Å². The van der Waals surface area contributed by atoms with Gasteiger partial charge >= 0.3 is 0 Å². The Bertz CT molecular complexity index is 778. The van der Waals surface area contributed by atoms with E-state index >= 15 is 0 Å². The summed E-state index contributed by atoms with van der Waals surface area (Å²) in [5.41, 5.74) is 3.15. The highest BCUT2D eigenvalue weighted by Gasteiger charge is 2.29. The summed E-state index contributed by atoms with van der Waals surface area (Å²) in [6.07, 6.45) is 4.60. The minimum atomic E-state index is -0.403. The molecule has 1 aliphatic heterocycles. The van der Waals surface area contributed by atoms with Crippen LogP contribution in [0.5, 0.6) is 0 Å². The molecule has 1 saturated heterocycles. The third kappa shape index (κ3) is 4.45. The average molecular weight is 370 g/mol. The van der Waals surface area contributed by atoms with Crippen molar-refractivity contribution in [2.75, 3.05) is 45.2 Å². The van der Waals surface area contributed by atoms with Crippen LogP contribution in [0.3, 0.4) is 0 Å². The molecular formula is C21H27FN4O. The monoisotopic (exact) mass is 370 g/mol. The molecule has 6 heteroatoms. The molecule has 1 atom stereocenters. The Morgan fingerprint density at radius 2 is 1.85 bits per heavy atom. The first-order valence-electron chi connectivity index (χ1n) is 9.33. The van der Waals surface area contributed by atoms with E-state index in [9.17, 15) is 9.18 Å². The highest BCUT2D eigenvalue weighted by molar-refractivity contribution is 5.83. The van der Waals surface area contributed by atoms with E-state index < -0.39 is 6.04 Å². The molecular weight excluding hydrogens is 343 g/mol. The molecule has 2 aromatic rings. The fourth-order valence-corrected chi connectivity index (χ4v) is 3.68. The van der Waals surface area contributed by atoms with Crippen LogP contribution < -0.4 is 4.90 Å². The number of nitrogens with zero attached hydrogens (tertiary/aromatic N) is 4. The molecule has 3 rings (SSSR count). The lowest BCUT2D eigenvalue weighted by Gasteiger charge is -2.30. The second-order valence-electron chi connectivity index (χ2n) is 7.25. The van der Waals surface area contributed by atoms with Crippen LogP contribution in [-0.4, -0.2) is 61.0 Å². The van der Waals surface area contributed by atoms with E-state index in [1.54, 1.807) is 12.1 Å². The fraction of sp³-hybridized carbons (Fsp3) is 0.429. The summed E-state index contributed by atoms with van der Waals surface area (Å²) in [4.78, 5) is 23.6. The second kappa shape index (κ2) is 8.48. The number of likely N-dealkylation sites (N-methyl/N-ethyl adjacent to an activating group) is 1. The van der Waals surface area contributed by atoms with E-state index in [1.165, 1.54) is 17.8 Å². The van der Waals surface area contributed by atoms with Crippen molar-refractivity contribution in [3.8, 4) is 0 Å². The van der Waals surface area contributed by atoms with E-state index in [2.05, 4.69) is 16.8 Å². The van der Waals surface area contributed by atoms with Crippen molar-refractivity contribution < 1.29 is 9.18 Å². The maximum Gasteiger partial charge on any atom is 0.244 e. The van der Waals surface area contributed by atoms with E-state index in [0.29, 0.717) is 6.54 Å². The summed E-state index contributed by atoms with van der Waals surface area (Å²) >= 11 is 0. The second-order valence-corrected chi connectivity index (χ2v) is 7.25. The van der Waals surface area contributed by atoms with Crippen molar-refractivity contribution in [2.24, 2.45) is 0 Å². The number of halogens is 1. The van der Waals surface area contributed by atoms with Crippen molar-refractivity contribution in [3.05, 3.63) is 59.7 Å². The van der Waals surface area contributed by atoms with Crippen LogP contribution in [0.1, 0.15) is 23.6 Å². The number of aromatic nitrogens is 1. The number of carbonyl (C=O) groups excluding carboxylic acids is 1. The molecule has 27 heavy (non-hydrogen) atoms. The van der Waals surface area contributed by atoms with Gasteiger partial charge in [0.15, 0.2) is 0 Å². The molecule has 0 N–H and O–H groups in total.